The zero-order chi connectivity index (χ0) is 16.9. The van der Waals surface area contributed by atoms with E-state index in [1.165, 1.54) is 4.90 Å². The van der Waals surface area contributed by atoms with Gasteiger partial charge < -0.3 is 14.6 Å². The summed E-state index contributed by atoms with van der Waals surface area (Å²) in [6.07, 6.45) is 7.30. The van der Waals surface area contributed by atoms with E-state index >= 15 is 0 Å². The molecule has 3 aromatic rings. The number of fused-ring (bicyclic) bond motifs is 1. The zero-order valence-electron chi connectivity index (χ0n) is 13.4. The highest BCUT2D eigenvalue weighted by molar-refractivity contribution is 5.98. The third-order valence-corrected chi connectivity index (χ3v) is 4.49. The number of carbonyl (C=O) groups is 1. The average Bonchev–Trinajstić information content (AvgIpc) is 3.21. The summed E-state index contributed by atoms with van der Waals surface area (Å²) >= 11 is 0. The Kier molecular flexibility index (Phi) is 2.99. The fourth-order valence-corrected chi connectivity index (χ4v) is 3.03. The molecule has 1 atom stereocenters. The van der Waals surface area contributed by atoms with Crippen molar-refractivity contribution in [3.05, 3.63) is 48.8 Å². The molecule has 1 amide bonds. The second-order valence-corrected chi connectivity index (χ2v) is 6.17. The van der Waals surface area contributed by atoms with Crippen molar-refractivity contribution in [3.8, 4) is 11.1 Å². The van der Waals surface area contributed by atoms with Crippen molar-refractivity contribution in [2.45, 2.75) is 18.9 Å². The molecule has 2 N–H and O–H groups in total. The van der Waals surface area contributed by atoms with Crippen LogP contribution in [0.4, 0.5) is 0 Å². The van der Waals surface area contributed by atoms with E-state index in [0.29, 0.717) is 0 Å². The maximum Gasteiger partial charge on any atom is 0.231 e. The van der Waals surface area contributed by atoms with Gasteiger partial charge in [-0.05, 0) is 25.1 Å². The molecule has 0 bridgehead atoms. The fourth-order valence-electron chi connectivity index (χ4n) is 3.03. The lowest BCUT2D eigenvalue weighted by Gasteiger charge is -2.32. The number of hydrogen-bond donors (Lipinski definition) is 1. The van der Waals surface area contributed by atoms with Gasteiger partial charge in [0.25, 0.3) is 0 Å². The number of hydrogen-bond acceptors (Lipinski definition) is 5. The highest BCUT2D eigenvalue weighted by atomic mass is 16.3. The third kappa shape index (κ3) is 2.09. The maximum atomic E-state index is 12.2. The number of aliphatic imine (C=N–C) groups is 1. The minimum Gasteiger partial charge on any atom is -0.472 e. The van der Waals surface area contributed by atoms with Gasteiger partial charge in [-0.25, -0.2) is 9.98 Å². The Bertz CT molecular complexity index is 957. The number of carbonyl (C=O) groups excluding carboxylic acids is 1. The van der Waals surface area contributed by atoms with E-state index in [1.54, 1.807) is 25.8 Å². The van der Waals surface area contributed by atoms with E-state index in [9.17, 15) is 4.79 Å². The van der Waals surface area contributed by atoms with Gasteiger partial charge in [0.05, 0.1) is 30.8 Å². The number of furan rings is 1. The van der Waals surface area contributed by atoms with Crippen molar-refractivity contribution in [1.82, 2.24) is 14.3 Å². The first-order valence-corrected chi connectivity index (χ1v) is 7.60. The monoisotopic (exact) mass is 323 g/mol. The number of imidazole rings is 1. The van der Waals surface area contributed by atoms with Crippen LogP contribution in [0, 0.1) is 0 Å². The molecule has 0 unspecified atom stereocenters. The van der Waals surface area contributed by atoms with Crippen LogP contribution >= 0.6 is 0 Å². The molecular formula is C17H17N5O2. The Hall–Kier alpha value is -3.09. The van der Waals surface area contributed by atoms with Crippen LogP contribution in [0.5, 0.6) is 0 Å². The molecule has 0 saturated carbocycles. The molecule has 0 fully saturated rings. The Morgan fingerprint density at radius 3 is 2.83 bits per heavy atom. The van der Waals surface area contributed by atoms with Crippen molar-refractivity contribution in [2.24, 2.45) is 10.7 Å². The molecule has 0 aliphatic carbocycles. The Labute approximate surface area is 138 Å². The number of guanidine groups is 1. The molecule has 1 aliphatic rings. The summed E-state index contributed by atoms with van der Waals surface area (Å²) in [7, 11) is 1.63. The van der Waals surface area contributed by atoms with Crippen LogP contribution in [-0.2, 0) is 10.3 Å². The quantitative estimate of drug-likeness (QED) is 0.781. The molecule has 4 heterocycles. The molecule has 0 aromatic carbocycles. The Morgan fingerprint density at radius 1 is 1.29 bits per heavy atom. The topological polar surface area (TPSA) is 89.1 Å². The summed E-state index contributed by atoms with van der Waals surface area (Å²) in [5.41, 5.74) is 8.75. The van der Waals surface area contributed by atoms with Gasteiger partial charge in [-0.3, -0.25) is 9.69 Å². The second-order valence-electron chi connectivity index (χ2n) is 6.17. The first-order chi connectivity index (χ1) is 11.5. The van der Waals surface area contributed by atoms with Crippen LogP contribution in [0.2, 0.25) is 0 Å². The van der Waals surface area contributed by atoms with Crippen LogP contribution in [0.15, 0.2) is 52.5 Å². The van der Waals surface area contributed by atoms with E-state index in [-0.39, 0.29) is 18.3 Å². The second kappa shape index (κ2) is 4.95. The van der Waals surface area contributed by atoms with Gasteiger partial charge in [0.2, 0.25) is 5.91 Å². The highest BCUT2D eigenvalue weighted by Crippen LogP contribution is 2.34. The molecule has 24 heavy (non-hydrogen) atoms. The predicted octanol–water partition coefficient (Wildman–Crippen LogP) is 1.99. The molecule has 0 radical (unpaired) electrons. The zero-order valence-corrected chi connectivity index (χ0v) is 13.4. The number of aromatic nitrogens is 2. The molecule has 1 aliphatic heterocycles. The van der Waals surface area contributed by atoms with Gasteiger partial charge in [0.15, 0.2) is 5.96 Å². The van der Waals surface area contributed by atoms with E-state index in [1.807, 2.05) is 35.7 Å². The average molecular weight is 323 g/mol. The van der Waals surface area contributed by atoms with Gasteiger partial charge in [-0.2, -0.15) is 0 Å². The van der Waals surface area contributed by atoms with Gasteiger partial charge in [0, 0.05) is 24.4 Å². The lowest BCUT2D eigenvalue weighted by atomic mass is 9.92. The van der Waals surface area contributed by atoms with Crippen molar-refractivity contribution < 1.29 is 9.21 Å². The number of amides is 1. The standard InChI is InChI=1S/C17H17N5O2/c1-17(7-15(23)21(2)16(18)20-17)13-8-19-14-4-3-11(9-22(13)14)12-5-6-24-10-12/h3-6,8-10H,7H2,1-2H3,(H2,18,20)/t17-/m0/s1. The summed E-state index contributed by atoms with van der Waals surface area (Å²) < 4.78 is 7.11. The first kappa shape index (κ1) is 14.5. The summed E-state index contributed by atoms with van der Waals surface area (Å²) in [5.74, 6) is 0.153. The summed E-state index contributed by atoms with van der Waals surface area (Å²) in [5, 5.41) is 0. The van der Waals surface area contributed by atoms with Crippen molar-refractivity contribution >= 4 is 17.5 Å². The van der Waals surface area contributed by atoms with Crippen LogP contribution in [0.1, 0.15) is 19.0 Å². The third-order valence-electron chi connectivity index (χ3n) is 4.49. The normalized spacial score (nSPS) is 21.3. The van der Waals surface area contributed by atoms with Crippen LogP contribution in [-0.4, -0.2) is 33.2 Å². The molecule has 4 rings (SSSR count). The van der Waals surface area contributed by atoms with Crippen molar-refractivity contribution in [2.75, 3.05) is 7.05 Å². The molecule has 122 valence electrons. The van der Waals surface area contributed by atoms with E-state index in [2.05, 4.69) is 9.98 Å². The van der Waals surface area contributed by atoms with Gasteiger partial charge in [-0.15, -0.1) is 0 Å². The predicted molar refractivity (Wildman–Crippen MR) is 89.3 cm³/mol. The number of nitrogens with two attached hydrogens (primary N) is 1. The lowest BCUT2D eigenvalue weighted by Crippen LogP contribution is -2.47. The summed E-state index contributed by atoms with van der Waals surface area (Å²) in [6.45, 7) is 1.90. The minimum absolute atomic E-state index is 0.0639. The Balaban J connectivity index is 1.88. The summed E-state index contributed by atoms with van der Waals surface area (Å²) in [6, 6.07) is 5.81. The van der Waals surface area contributed by atoms with Crippen LogP contribution < -0.4 is 5.73 Å². The number of nitrogens with zero attached hydrogens (tertiary/aromatic N) is 4. The van der Waals surface area contributed by atoms with Gasteiger partial charge >= 0.3 is 0 Å². The largest absolute Gasteiger partial charge is 0.472 e. The van der Waals surface area contributed by atoms with E-state index < -0.39 is 5.54 Å². The Morgan fingerprint density at radius 2 is 2.12 bits per heavy atom. The van der Waals surface area contributed by atoms with Gasteiger partial charge in [-0.1, -0.05) is 0 Å². The van der Waals surface area contributed by atoms with Crippen LogP contribution in [0.3, 0.4) is 0 Å². The first-order valence-electron chi connectivity index (χ1n) is 7.60. The SMILES string of the molecule is CN1C(=O)C[C@@](C)(c2cnc3ccc(-c4ccoc4)cn23)N=C1N. The minimum atomic E-state index is -0.748. The van der Waals surface area contributed by atoms with Crippen LogP contribution in [0.25, 0.3) is 16.8 Å². The summed E-state index contributed by atoms with van der Waals surface area (Å²) in [4.78, 5) is 22.6. The lowest BCUT2D eigenvalue weighted by molar-refractivity contribution is -0.128. The fraction of sp³-hybridized carbons (Fsp3) is 0.235. The molecular weight excluding hydrogens is 306 g/mol. The van der Waals surface area contributed by atoms with Crippen molar-refractivity contribution in [3.63, 3.8) is 0 Å². The molecule has 3 aromatic heterocycles. The molecule has 0 spiro atoms. The smallest absolute Gasteiger partial charge is 0.231 e. The molecule has 7 nitrogen and oxygen atoms in total. The highest BCUT2D eigenvalue weighted by Gasteiger charge is 2.38. The number of rotatable bonds is 2. The van der Waals surface area contributed by atoms with Crippen molar-refractivity contribution in [1.29, 1.82) is 0 Å². The van der Waals surface area contributed by atoms with E-state index in [0.717, 1.165) is 22.5 Å². The van der Waals surface area contributed by atoms with Gasteiger partial charge in [0.1, 0.15) is 11.2 Å². The molecule has 7 heteroatoms. The number of pyridine rings is 1. The molecule has 0 saturated heterocycles. The maximum absolute atomic E-state index is 12.2. The van der Waals surface area contributed by atoms with E-state index in [4.69, 9.17) is 10.2 Å².